The van der Waals surface area contributed by atoms with Crippen molar-refractivity contribution < 1.29 is 5.11 Å². The highest BCUT2D eigenvalue weighted by Crippen LogP contribution is 2.12. The summed E-state index contributed by atoms with van der Waals surface area (Å²) in [4.78, 5) is 6.04. The summed E-state index contributed by atoms with van der Waals surface area (Å²) in [5, 5.41) is 8.93. The predicted octanol–water partition coefficient (Wildman–Crippen LogP) is 0.481. The monoisotopic (exact) mass is 181 g/mol. The number of aliphatic hydroxyl groups is 1. The van der Waals surface area contributed by atoms with E-state index in [9.17, 15) is 0 Å². The standard InChI is InChI=1S/C9H15N3O/c1-7(6-13)12(2)9-4-3-8(10)5-11-9/h3-5,7,13H,6,10H2,1-2H3. The number of nitrogens with zero attached hydrogens (tertiary/aromatic N) is 2. The topological polar surface area (TPSA) is 62.4 Å². The zero-order valence-electron chi connectivity index (χ0n) is 7.94. The lowest BCUT2D eigenvalue weighted by Gasteiger charge is -2.23. The Kier molecular flexibility index (Phi) is 3.08. The third kappa shape index (κ3) is 2.32. The van der Waals surface area contributed by atoms with Gasteiger partial charge in [-0.3, -0.25) is 0 Å². The van der Waals surface area contributed by atoms with E-state index in [1.54, 1.807) is 12.3 Å². The first-order valence-electron chi connectivity index (χ1n) is 4.20. The summed E-state index contributed by atoms with van der Waals surface area (Å²) in [6.45, 7) is 2.04. The quantitative estimate of drug-likeness (QED) is 0.712. The Morgan fingerprint density at radius 3 is 2.77 bits per heavy atom. The van der Waals surface area contributed by atoms with Crippen LogP contribution in [-0.4, -0.2) is 29.8 Å². The van der Waals surface area contributed by atoms with Gasteiger partial charge in [-0.05, 0) is 19.1 Å². The van der Waals surface area contributed by atoms with Gasteiger partial charge in [-0.2, -0.15) is 0 Å². The summed E-state index contributed by atoms with van der Waals surface area (Å²) < 4.78 is 0. The van der Waals surface area contributed by atoms with E-state index in [4.69, 9.17) is 10.8 Å². The second-order valence-electron chi connectivity index (χ2n) is 3.09. The zero-order chi connectivity index (χ0) is 9.84. The van der Waals surface area contributed by atoms with Gasteiger partial charge in [-0.1, -0.05) is 0 Å². The molecule has 0 amide bonds. The highest BCUT2D eigenvalue weighted by Gasteiger charge is 2.08. The number of anilines is 2. The molecule has 3 N–H and O–H groups in total. The van der Waals surface area contributed by atoms with E-state index in [0.29, 0.717) is 5.69 Å². The summed E-state index contributed by atoms with van der Waals surface area (Å²) in [6, 6.07) is 3.70. The van der Waals surface area contributed by atoms with Gasteiger partial charge in [0.25, 0.3) is 0 Å². The lowest BCUT2D eigenvalue weighted by atomic mass is 10.3. The van der Waals surface area contributed by atoms with E-state index in [0.717, 1.165) is 5.82 Å². The van der Waals surface area contributed by atoms with Crippen LogP contribution in [-0.2, 0) is 0 Å². The minimum atomic E-state index is 0.0659. The van der Waals surface area contributed by atoms with Crippen LogP contribution in [0, 0.1) is 0 Å². The molecule has 4 nitrogen and oxygen atoms in total. The molecule has 1 unspecified atom stereocenters. The van der Waals surface area contributed by atoms with Crippen molar-refractivity contribution >= 4 is 11.5 Å². The van der Waals surface area contributed by atoms with E-state index in [2.05, 4.69) is 4.98 Å². The molecule has 0 spiro atoms. The molecule has 0 radical (unpaired) electrons. The third-order valence-corrected chi connectivity index (χ3v) is 2.06. The van der Waals surface area contributed by atoms with Crippen molar-refractivity contribution in [1.82, 2.24) is 4.98 Å². The molecule has 1 aromatic rings. The largest absolute Gasteiger partial charge is 0.397 e. The van der Waals surface area contributed by atoms with Gasteiger partial charge in [0.05, 0.1) is 24.5 Å². The number of hydrogen-bond acceptors (Lipinski definition) is 4. The fourth-order valence-electron chi connectivity index (χ4n) is 0.954. The first-order valence-corrected chi connectivity index (χ1v) is 4.20. The van der Waals surface area contributed by atoms with Gasteiger partial charge in [0, 0.05) is 7.05 Å². The third-order valence-electron chi connectivity index (χ3n) is 2.06. The van der Waals surface area contributed by atoms with Crippen LogP contribution >= 0.6 is 0 Å². The number of pyridine rings is 1. The van der Waals surface area contributed by atoms with Crippen molar-refractivity contribution in [3.63, 3.8) is 0 Å². The first-order chi connectivity index (χ1) is 6.15. The fourth-order valence-corrected chi connectivity index (χ4v) is 0.954. The van der Waals surface area contributed by atoms with E-state index < -0.39 is 0 Å². The molecule has 0 aromatic carbocycles. The number of aromatic nitrogens is 1. The molecule has 4 heteroatoms. The Balaban J connectivity index is 2.77. The van der Waals surface area contributed by atoms with Crippen LogP contribution in [0.5, 0.6) is 0 Å². The lowest BCUT2D eigenvalue weighted by Crippen LogP contribution is -2.32. The molecule has 1 heterocycles. The number of nitrogens with two attached hydrogens (primary N) is 1. The van der Waals surface area contributed by atoms with Gasteiger partial charge in [0.1, 0.15) is 5.82 Å². The normalized spacial score (nSPS) is 12.5. The molecule has 0 bridgehead atoms. The minimum Gasteiger partial charge on any atom is -0.397 e. The number of nitrogen functional groups attached to an aromatic ring is 1. The Morgan fingerprint density at radius 2 is 2.31 bits per heavy atom. The SMILES string of the molecule is CC(CO)N(C)c1ccc(N)cn1. The lowest BCUT2D eigenvalue weighted by molar-refractivity contribution is 0.270. The summed E-state index contributed by atoms with van der Waals surface area (Å²) in [5.74, 6) is 0.816. The molecular formula is C9H15N3O. The van der Waals surface area contributed by atoms with Crippen LogP contribution in [0.4, 0.5) is 11.5 Å². The van der Waals surface area contributed by atoms with Crippen molar-refractivity contribution in [1.29, 1.82) is 0 Å². The van der Waals surface area contributed by atoms with Crippen LogP contribution in [0.3, 0.4) is 0 Å². The molecule has 0 saturated carbocycles. The van der Waals surface area contributed by atoms with Gasteiger partial charge in [-0.15, -0.1) is 0 Å². The van der Waals surface area contributed by atoms with Crippen LogP contribution in [0.1, 0.15) is 6.92 Å². The minimum absolute atomic E-state index is 0.0659. The average molecular weight is 181 g/mol. The van der Waals surface area contributed by atoms with Gasteiger partial charge in [0.15, 0.2) is 0 Å². The van der Waals surface area contributed by atoms with Crippen molar-refractivity contribution in [2.45, 2.75) is 13.0 Å². The van der Waals surface area contributed by atoms with Gasteiger partial charge in [0.2, 0.25) is 0 Å². The Labute approximate surface area is 78.0 Å². The van der Waals surface area contributed by atoms with Gasteiger partial charge < -0.3 is 15.7 Å². The highest BCUT2D eigenvalue weighted by molar-refractivity contribution is 5.45. The molecule has 0 aliphatic rings. The van der Waals surface area contributed by atoms with Crippen LogP contribution in [0.2, 0.25) is 0 Å². The van der Waals surface area contributed by atoms with E-state index in [-0.39, 0.29) is 12.6 Å². The molecule has 0 aliphatic carbocycles. The van der Waals surface area contributed by atoms with Crippen molar-refractivity contribution in [2.75, 3.05) is 24.3 Å². The maximum atomic E-state index is 8.93. The maximum absolute atomic E-state index is 8.93. The zero-order valence-corrected chi connectivity index (χ0v) is 7.94. The van der Waals surface area contributed by atoms with E-state index >= 15 is 0 Å². The number of rotatable bonds is 3. The van der Waals surface area contributed by atoms with Crippen LogP contribution < -0.4 is 10.6 Å². The Morgan fingerprint density at radius 1 is 1.62 bits per heavy atom. The average Bonchev–Trinajstić information content (AvgIpc) is 2.17. The Bertz CT molecular complexity index is 260. The molecule has 72 valence electrons. The molecule has 13 heavy (non-hydrogen) atoms. The molecule has 0 aliphatic heterocycles. The molecule has 0 fully saturated rings. The molecular weight excluding hydrogens is 166 g/mol. The number of aliphatic hydroxyl groups excluding tert-OH is 1. The smallest absolute Gasteiger partial charge is 0.128 e. The second-order valence-corrected chi connectivity index (χ2v) is 3.09. The fraction of sp³-hybridized carbons (Fsp3) is 0.444. The van der Waals surface area contributed by atoms with E-state index in [1.807, 2.05) is 24.9 Å². The van der Waals surface area contributed by atoms with E-state index in [1.165, 1.54) is 0 Å². The van der Waals surface area contributed by atoms with Crippen molar-refractivity contribution in [2.24, 2.45) is 0 Å². The maximum Gasteiger partial charge on any atom is 0.128 e. The second kappa shape index (κ2) is 4.09. The summed E-state index contributed by atoms with van der Waals surface area (Å²) in [5.41, 5.74) is 6.15. The van der Waals surface area contributed by atoms with Crippen molar-refractivity contribution in [3.8, 4) is 0 Å². The molecule has 1 aromatic heterocycles. The molecule has 0 saturated heterocycles. The highest BCUT2D eigenvalue weighted by atomic mass is 16.3. The van der Waals surface area contributed by atoms with Crippen LogP contribution in [0.15, 0.2) is 18.3 Å². The molecule has 1 rings (SSSR count). The summed E-state index contributed by atoms with van der Waals surface area (Å²) >= 11 is 0. The van der Waals surface area contributed by atoms with Gasteiger partial charge in [-0.25, -0.2) is 4.98 Å². The predicted molar refractivity (Wildman–Crippen MR) is 53.6 cm³/mol. The van der Waals surface area contributed by atoms with Crippen LogP contribution in [0.25, 0.3) is 0 Å². The van der Waals surface area contributed by atoms with Gasteiger partial charge >= 0.3 is 0 Å². The summed E-state index contributed by atoms with van der Waals surface area (Å²) in [6.07, 6.45) is 1.61. The first kappa shape index (κ1) is 9.80. The molecule has 1 atom stereocenters. The van der Waals surface area contributed by atoms with Crippen molar-refractivity contribution in [3.05, 3.63) is 18.3 Å². The summed E-state index contributed by atoms with van der Waals surface area (Å²) in [7, 11) is 1.89. The number of likely N-dealkylation sites (N-methyl/N-ethyl adjacent to an activating group) is 1. The Hall–Kier alpha value is -1.29. The number of hydrogen-bond donors (Lipinski definition) is 2.